The van der Waals surface area contributed by atoms with Gasteiger partial charge in [-0.3, -0.25) is 0 Å². The second-order valence-corrected chi connectivity index (χ2v) is 5.98. The number of halogens is 2. The Morgan fingerprint density at radius 2 is 1.76 bits per heavy atom. The average Bonchev–Trinajstić information content (AvgIpc) is 2.49. The number of ether oxygens (including phenoxy) is 2. The van der Waals surface area contributed by atoms with Crippen molar-refractivity contribution in [2.75, 3.05) is 14.2 Å². The van der Waals surface area contributed by atoms with Crippen molar-refractivity contribution in [3.05, 3.63) is 56.5 Å². The lowest BCUT2D eigenvalue weighted by Gasteiger charge is -2.18. The fraction of sp³-hybridized carbons (Fsp3) is 0.250. The zero-order valence-electron chi connectivity index (χ0n) is 12.1. The predicted octanol–water partition coefficient (Wildman–Crippen LogP) is 4.48. The van der Waals surface area contributed by atoms with Crippen LogP contribution in [-0.4, -0.2) is 14.2 Å². The highest BCUT2D eigenvalue weighted by Gasteiger charge is 2.18. The third-order valence-corrected chi connectivity index (χ3v) is 4.42. The molecule has 21 heavy (non-hydrogen) atoms. The van der Waals surface area contributed by atoms with Crippen molar-refractivity contribution < 1.29 is 9.47 Å². The maximum Gasteiger partial charge on any atom is 0.133 e. The predicted molar refractivity (Wildman–Crippen MR) is 89.5 cm³/mol. The highest BCUT2D eigenvalue weighted by atomic mass is 79.9. The quantitative estimate of drug-likeness (QED) is 0.863. The summed E-state index contributed by atoms with van der Waals surface area (Å²) in [6, 6.07) is 9.19. The lowest BCUT2D eigenvalue weighted by atomic mass is 9.97. The van der Waals surface area contributed by atoms with E-state index in [1.54, 1.807) is 14.2 Å². The minimum Gasteiger partial charge on any atom is -0.496 e. The molecule has 112 valence electrons. The van der Waals surface area contributed by atoms with Gasteiger partial charge in [-0.1, -0.05) is 23.7 Å². The van der Waals surface area contributed by atoms with Crippen LogP contribution in [-0.2, 0) is 0 Å². The van der Waals surface area contributed by atoms with Crippen molar-refractivity contribution in [2.24, 2.45) is 5.73 Å². The highest BCUT2D eigenvalue weighted by Crippen LogP contribution is 2.37. The first-order valence-corrected chi connectivity index (χ1v) is 7.58. The fourth-order valence-corrected chi connectivity index (χ4v) is 2.77. The van der Waals surface area contributed by atoms with E-state index in [9.17, 15) is 0 Å². The molecule has 0 aliphatic rings. The first kappa shape index (κ1) is 16.1. The Kier molecular flexibility index (Phi) is 5.14. The molecule has 0 aromatic heterocycles. The monoisotopic (exact) mass is 369 g/mol. The van der Waals surface area contributed by atoms with Gasteiger partial charge < -0.3 is 15.2 Å². The zero-order chi connectivity index (χ0) is 15.6. The number of hydrogen-bond donors (Lipinski definition) is 1. The summed E-state index contributed by atoms with van der Waals surface area (Å²) in [6.45, 7) is 1.96. The van der Waals surface area contributed by atoms with E-state index in [2.05, 4.69) is 15.9 Å². The SMILES string of the molecule is COc1cc(C(N)c2ccc(Cl)c(C)c2)c(OC)cc1Br. The van der Waals surface area contributed by atoms with Gasteiger partial charge in [-0.05, 0) is 52.2 Å². The Bertz CT molecular complexity index is 661. The van der Waals surface area contributed by atoms with Crippen molar-refractivity contribution in [1.82, 2.24) is 0 Å². The van der Waals surface area contributed by atoms with Crippen LogP contribution in [0.5, 0.6) is 11.5 Å². The van der Waals surface area contributed by atoms with E-state index in [1.807, 2.05) is 37.3 Å². The van der Waals surface area contributed by atoms with Crippen LogP contribution in [0, 0.1) is 6.92 Å². The van der Waals surface area contributed by atoms with E-state index in [-0.39, 0.29) is 6.04 Å². The Morgan fingerprint density at radius 1 is 1.10 bits per heavy atom. The zero-order valence-corrected chi connectivity index (χ0v) is 14.5. The molecule has 3 nitrogen and oxygen atoms in total. The largest absolute Gasteiger partial charge is 0.496 e. The van der Waals surface area contributed by atoms with Crippen LogP contribution in [0.2, 0.25) is 5.02 Å². The summed E-state index contributed by atoms with van der Waals surface area (Å²) in [5, 5.41) is 0.728. The maximum atomic E-state index is 6.39. The van der Waals surface area contributed by atoms with Crippen LogP contribution in [0.3, 0.4) is 0 Å². The first-order valence-electron chi connectivity index (χ1n) is 6.41. The Balaban J connectivity index is 2.50. The Morgan fingerprint density at radius 3 is 2.33 bits per heavy atom. The highest BCUT2D eigenvalue weighted by molar-refractivity contribution is 9.10. The van der Waals surface area contributed by atoms with Gasteiger partial charge in [0.2, 0.25) is 0 Å². The summed E-state index contributed by atoms with van der Waals surface area (Å²) in [5.41, 5.74) is 9.22. The second-order valence-electron chi connectivity index (χ2n) is 4.71. The summed E-state index contributed by atoms with van der Waals surface area (Å²) >= 11 is 9.51. The van der Waals surface area contributed by atoms with Crippen LogP contribution in [0.15, 0.2) is 34.8 Å². The Hall–Kier alpha value is -1.23. The lowest BCUT2D eigenvalue weighted by molar-refractivity contribution is 0.395. The van der Waals surface area contributed by atoms with Gasteiger partial charge >= 0.3 is 0 Å². The molecule has 0 heterocycles. The summed E-state index contributed by atoms with van der Waals surface area (Å²) in [7, 11) is 3.24. The summed E-state index contributed by atoms with van der Waals surface area (Å²) in [5.74, 6) is 1.43. The van der Waals surface area contributed by atoms with E-state index < -0.39 is 0 Å². The minimum absolute atomic E-state index is 0.321. The fourth-order valence-electron chi connectivity index (χ4n) is 2.17. The molecule has 0 amide bonds. The van der Waals surface area contributed by atoms with Crippen molar-refractivity contribution in [3.8, 4) is 11.5 Å². The maximum absolute atomic E-state index is 6.39. The lowest BCUT2D eigenvalue weighted by Crippen LogP contribution is -2.13. The van der Waals surface area contributed by atoms with Gasteiger partial charge in [0.1, 0.15) is 11.5 Å². The Labute approximate surface area is 138 Å². The van der Waals surface area contributed by atoms with Gasteiger partial charge in [0.25, 0.3) is 0 Å². The number of methoxy groups -OCH3 is 2. The molecule has 2 aromatic carbocycles. The summed E-state index contributed by atoms with van der Waals surface area (Å²) < 4.78 is 11.6. The number of nitrogens with two attached hydrogens (primary N) is 1. The minimum atomic E-state index is -0.321. The molecule has 0 aliphatic heterocycles. The van der Waals surface area contributed by atoms with E-state index in [1.165, 1.54) is 0 Å². The molecular formula is C16H17BrClNO2. The molecule has 0 spiro atoms. The molecule has 2 N–H and O–H groups in total. The normalized spacial score (nSPS) is 12.1. The third-order valence-electron chi connectivity index (χ3n) is 3.38. The molecule has 1 unspecified atom stereocenters. The average molecular weight is 371 g/mol. The number of benzene rings is 2. The van der Waals surface area contributed by atoms with Crippen molar-refractivity contribution in [2.45, 2.75) is 13.0 Å². The smallest absolute Gasteiger partial charge is 0.133 e. The van der Waals surface area contributed by atoms with Crippen molar-refractivity contribution >= 4 is 27.5 Å². The number of aryl methyl sites for hydroxylation is 1. The third kappa shape index (κ3) is 3.34. The molecule has 0 radical (unpaired) electrons. The molecule has 5 heteroatoms. The molecule has 0 saturated heterocycles. The topological polar surface area (TPSA) is 44.5 Å². The molecule has 0 aliphatic carbocycles. The van der Waals surface area contributed by atoms with Crippen LogP contribution >= 0.6 is 27.5 Å². The number of hydrogen-bond acceptors (Lipinski definition) is 3. The van der Waals surface area contributed by atoms with Gasteiger partial charge in [0.05, 0.1) is 24.7 Å². The number of rotatable bonds is 4. The molecule has 0 saturated carbocycles. The van der Waals surface area contributed by atoms with Crippen molar-refractivity contribution in [1.29, 1.82) is 0 Å². The molecule has 0 bridgehead atoms. The van der Waals surface area contributed by atoms with Gasteiger partial charge in [-0.15, -0.1) is 0 Å². The van der Waals surface area contributed by atoms with Gasteiger partial charge in [0.15, 0.2) is 0 Å². The van der Waals surface area contributed by atoms with Crippen molar-refractivity contribution in [3.63, 3.8) is 0 Å². The first-order chi connectivity index (χ1) is 9.97. The van der Waals surface area contributed by atoms with Crippen LogP contribution < -0.4 is 15.2 Å². The van der Waals surface area contributed by atoms with Gasteiger partial charge in [-0.25, -0.2) is 0 Å². The molecular weight excluding hydrogens is 354 g/mol. The van der Waals surface area contributed by atoms with Gasteiger partial charge in [0, 0.05) is 10.6 Å². The van der Waals surface area contributed by atoms with Crippen LogP contribution in [0.25, 0.3) is 0 Å². The molecule has 1 atom stereocenters. The summed E-state index contributed by atoms with van der Waals surface area (Å²) in [6.07, 6.45) is 0. The molecule has 2 rings (SSSR count). The van der Waals surface area contributed by atoms with E-state index >= 15 is 0 Å². The molecule has 2 aromatic rings. The second kappa shape index (κ2) is 6.69. The standard InChI is InChI=1S/C16H17BrClNO2/c1-9-6-10(4-5-13(9)18)16(19)11-7-15(21-3)12(17)8-14(11)20-2/h4-8,16H,19H2,1-3H3. The van der Waals surface area contributed by atoms with E-state index in [0.29, 0.717) is 11.5 Å². The van der Waals surface area contributed by atoms with Crippen LogP contribution in [0.4, 0.5) is 0 Å². The van der Waals surface area contributed by atoms with Crippen LogP contribution in [0.1, 0.15) is 22.7 Å². The van der Waals surface area contributed by atoms with E-state index in [0.717, 1.165) is 26.2 Å². The summed E-state index contributed by atoms with van der Waals surface area (Å²) in [4.78, 5) is 0. The van der Waals surface area contributed by atoms with E-state index in [4.69, 9.17) is 26.8 Å². The van der Waals surface area contributed by atoms with Gasteiger partial charge in [-0.2, -0.15) is 0 Å². The molecule has 0 fully saturated rings.